The molecule has 1 atom stereocenters. The van der Waals surface area contributed by atoms with E-state index in [4.69, 9.17) is 0 Å². The maximum absolute atomic E-state index is 12.8. The van der Waals surface area contributed by atoms with Gasteiger partial charge in [-0.3, -0.25) is 14.9 Å². The predicted molar refractivity (Wildman–Crippen MR) is 109 cm³/mol. The monoisotopic (exact) mass is 371 g/mol. The molecule has 0 spiro atoms. The van der Waals surface area contributed by atoms with Crippen LogP contribution in [0.1, 0.15) is 23.4 Å². The number of benzene rings is 1. The molecule has 0 aliphatic heterocycles. The van der Waals surface area contributed by atoms with E-state index in [-0.39, 0.29) is 11.6 Å². The van der Waals surface area contributed by atoms with Gasteiger partial charge in [0.2, 0.25) is 0 Å². The van der Waals surface area contributed by atoms with E-state index >= 15 is 0 Å². The van der Waals surface area contributed by atoms with Crippen LogP contribution >= 0.6 is 0 Å². The first-order chi connectivity index (χ1) is 13.8. The average molecular weight is 371 g/mol. The fraction of sp³-hybridized carbons (Fsp3) is 0.227. The second-order valence-corrected chi connectivity index (χ2v) is 7.24. The van der Waals surface area contributed by atoms with Crippen molar-refractivity contribution in [2.24, 2.45) is 0 Å². The van der Waals surface area contributed by atoms with Crippen LogP contribution in [0.4, 0.5) is 0 Å². The summed E-state index contributed by atoms with van der Waals surface area (Å²) in [6, 6.07) is 16.2. The number of nitrogens with zero attached hydrogens (tertiary/aromatic N) is 3. The molecule has 0 radical (unpaired) electrons. The van der Waals surface area contributed by atoms with Crippen LogP contribution in [0.15, 0.2) is 65.7 Å². The van der Waals surface area contributed by atoms with Crippen molar-refractivity contribution < 1.29 is 0 Å². The van der Waals surface area contributed by atoms with Crippen LogP contribution in [0, 0.1) is 0 Å². The maximum atomic E-state index is 12.8. The zero-order valence-corrected chi connectivity index (χ0v) is 15.4. The van der Waals surface area contributed by atoms with Crippen molar-refractivity contribution in [3.63, 3.8) is 0 Å². The lowest BCUT2D eigenvalue weighted by Gasteiger charge is -2.22. The molecule has 140 valence electrons. The fourth-order valence-corrected chi connectivity index (χ4v) is 3.90. The van der Waals surface area contributed by atoms with Gasteiger partial charge >= 0.3 is 0 Å². The second-order valence-electron chi connectivity index (χ2n) is 7.24. The third-order valence-corrected chi connectivity index (χ3v) is 5.40. The van der Waals surface area contributed by atoms with Gasteiger partial charge in [-0.2, -0.15) is 0 Å². The Morgan fingerprint density at radius 2 is 1.96 bits per heavy atom. The summed E-state index contributed by atoms with van der Waals surface area (Å²) < 4.78 is 1.55. The van der Waals surface area contributed by atoms with Crippen LogP contribution in [-0.4, -0.2) is 25.8 Å². The van der Waals surface area contributed by atoms with Gasteiger partial charge in [0.25, 0.3) is 5.56 Å². The Morgan fingerprint density at radius 1 is 1.11 bits per heavy atom. The molecule has 4 aromatic rings. The zero-order valence-electron chi connectivity index (χ0n) is 15.4. The van der Waals surface area contributed by atoms with Crippen molar-refractivity contribution in [3.8, 4) is 5.82 Å². The first-order valence-electron chi connectivity index (χ1n) is 9.59. The number of hydrogen-bond acceptors (Lipinski definition) is 4. The number of aromatic nitrogens is 4. The van der Waals surface area contributed by atoms with E-state index in [1.54, 1.807) is 10.9 Å². The lowest BCUT2D eigenvalue weighted by molar-refractivity contribution is 0.452. The van der Waals surface area contributed by atoms with Crippen LogP contribution in [0.2, 0.25) is 0 Å². The van der Waals surface area contributed by atoms with Gasteiger partial charge in [0.15, 0.2) is 5.82 Å². The first kappa shape index (κ1) is 16.9. The number of H-pyrrole nitrogens is 1. The molecular weight excluding hydrogens is 350 g/mol. The summed E-state index contributed by atoms with van der Waals surface area (Å²) in [5, 5.41) is 9.16. The number of fused-ring (bicyclic) bond motifs is 2. The highest BCUT2D eigenvalue weighted by molar-refractivity contribution is 5.81. The van der Waals surface area contributed by atoms with E-state index in [2.05, 4.69) is 38.6 Å². The van der Waals surface area contributed by atoms with Crippen molar-refractivity contribution in [2.75, 3.05) is 0 Å². The van der Waals surface area contributed by atoms with Crippen molar-refractivity contribution in [2.45, 2.75) is 31.8 Å². The standard InChI is InChI=1S/C22H21N5O/c28-22-19-12-17(8-9-20(19)26-27(22)21-7-3-4-10-23-21)25-14-18-11-15-5-1-2-6-16(15)13-24-18/h1-7,10-11,13,17,25-26H,8-9,12,14H2. The molecule has 3 aromatic heterocycles. The summed E-state index contributed by atoms with van der Waals surface area (Å²) in [5.74, 6) is 0.631. The lowest BCUT2D eigenvalue weighted by Crippen LogP contribution is -2.36. The molecule has 1 aliphatic carbocycles. The number of nitrogens with one attached hydrogen (secondary N) is 2. The summed E-state index contributed by atoms with van der Waals surface area (Å²) in [7, 11) is 0. The normalized spacial score (nSPS) is 16.2. The molecule has 1 aromatic carbocycles. The molecule has 1 aliphatic rings. The summed E-state index contributed by atoms with van der Waals surface area (Å²) in [6.07, 6.45) is 6.18. The summed E-state index contributed by atoms with van der Waals surface area (Å²) in [6.45, 7) is 0.698. The number of aromatic amines is 1. The lowest BCUT2D eigenvalue weighted by atomic mass is 9.93. The highest BCUT2D eigenvalue weighted by atomic mass is 16.1. The molecule has 2 N–H and O–H groups in total. The number of rotatable bonds is 4. The molecule has 28 heavy (non-hydrogen) atoms. The van der Waals surface area contributed by atoms with E-state index in [0.717, 1.165) is 41.6 Å². The molecule has 0 saturated heterocycles. The molecule has 5 rings (SSSR count). The Kier molecular flexibility index (Phi) is 4.25. The average Bonchev–Trinajstić information content (AvgIpc) is 3.09. The Morgan fingerprint density at radius 3 is 2.82 bits per heavy atom. The number of hydrogen-bond donors (Lipinski definition) is 2. The predicted octanol–water partition coefficient (Wildman–Crippen LogP) is 2.76. The Hall–Kier alpha value is -3.25. The third kappa shape index (κ3) is 3.12. The van der Waals surface area contributed by atoms with Crippen molar-refractivity contribution in [1.29, 1.82) is 0 Å². The molecule has 3 heterocycles. The van der Waals surface area contributed by atoms with Gasteiger partial charge in [0.05, 0.1) is 5.69 Å². The van der Waals surface area contributed by atoms with E-state index in [9.17, 15) is 4.79 Å². The Bertz CT molecular complexity index is 1180. The van der Waals surface area contributed by atoms with Gasteiger partial charge in [-0.25, -0.2) is 9.67 Å². The third-order valence-electron chi connectivity index (χ3n) is 5.40. The highest BCUT2D eigenvalue weighted by Crippen LogP contribution is 2.19. The number of pyridine rings is 2. The van der Waals surface area contributed by atoms with Gasteiger partial charge in [0, 0.05) is 41.6 Å². The van der Waals surface area contributed by atoms with E-state index in [0.29, 0.717) is 12.4 Å². The van der Waals surface area contributed by atoms with Crippen molar-refractivity contribution in [3.05, 3.63) is 88.2 Å². The van der Waals surface area contributed by atoms with Gasteiger partial charge in [0.1, 0.15) is 0 Å². The van der Waals surface area contributed by atoms with Crippen molar-refractivity contribution >= 4 is 10.8 Å². The quantitative estimate of drug-likeness (QED) is 0.578. The van der Waals surface area contributed by atoms with Crippen LogP contribution < -0.4 is 10.9 Å². The largest absolute Gasteiger partial charge is 0.308 e. The smallest absolute Gasteiger partial charge is 0.276 e. The minimum atomic E-state index is 0.00373. The molecule has 0 fully saturated rings. The second kappa shape index (κ2) is 7.05. The SMILES string of the molecule is O=c1c2c([nH]n1-c1ccccn1)CCC(NCc1cc3ccccc3cn1)C2. The van der Waals surface area contributed by atoms with Crippen molar-refractivity contribution in [1.82, 2.24) is 25.1 Å². The molecule has 6 nitrogen and oxygen atoms in total. The molecule has 1 unspecified atom stereocenters. The summed E-state index contributed by atoms with van der Waals surface area (Å²) >= 11 is 0. The summed E-state index contributed by atoms with van der Waals surface area (Å²) in [4.78, 5) is 21.7. The van der Waals surface area contributed by atoms with E-state index < -0.39 is 0 Å². The van der Waals surface area contributed by atoms with Gasteiger partial charge < -0.3 is 5.32 Å². The summed E-state index contributed by atoms with van der Waals surface area (Å²) in [5.41, 5.74) is 2.91. The van der Waals surface area contributed by atoms with Crippen LogP contribution in [0.5, 0.6) is 0 Å². The van der Waals surface area contributed by atoms with Gasteiger partial charge in [-0.1, -0.05) is 30.3 Å². The van der Waals surface area contributed by atoms with E-state index in [1.807, 2.05) is 36.5 Å². The topological polar surface area (TPSA) is 75.6 Å². The molecule has 6 heteroatoms. The Labute approximate surface area is 162 Å². The fourth-order valence-electron chi connectivity index (χ4n) is 3.90. The van der Waals surface area contributed by atoms with E-state index in [1.165, 1.54) is 5.39 Å². The molecule has 0 bridgehead atoms. The first-order valence-corrected chi connectivity index (χ1v) is 9.59. The molecule has 0 amide bonds. The maximum Gasteiger partial charge on any atom is 0.276 e. The van der Waals surface area contributed by atoms with Crippen LogP contribution in [0.3, 0.4) is 0 Å². The number of aryl methyl sites for hydroxylation is 1. The molecular formula is C22H21N5O. The minimum absolute atomic E-state index is 0.00373. The molecule has 0 saturated carbocycles. The highest BCUT2D eigenvalue weighted by Gasteiger charge is 2.24. The van der Waals surface area contributed by atoms with Crippen LogP contribution in [-0.2, 0) is 19.4 Å². The van der Waals surface area contributed by atoms with Crippen LogP contribution in [0.25, 0.3) is 16.6 Å². The van der Waals surface area contributed by atoms with Gasteiger partial charge in [-0.05, 0) is 42.8 Å². The zero-order chi connectivity index (χ0) is 18.9. The van der Waals surface area contributed by atoms with Gasteiger partial charge in [-0.15, -0.1) is 0 Å². The minimum Gasteiger partial charge on any atom is -0.308 e. The Balaban J connectivity index is 1.32.